The van der Waals surface area contributed by atoms with Crippen molar-refractivity contribution >= 4 is 53.1 Å². The first kappa shape index (κ1) is 29.5. The van der Waals surface area contributed by atoms with E-state index in [-0.39, 0.29) is 0 Å². The van der Waals surface area contributed by atoms with Crippen molar-refractivity contribution in [3.8, 4) is 56.2 Å². The van der Waals surface area contributed by atoms with Crippen LogP contribution >= 0.6 is 11.3 Å². The molecule has 0 amide bonds. The molecule has 8 aromatic carbocycles. The molecule has 0 atom stereocenters. The van der Waals surface area contributed by atoms with Crippen molar-refractivity contribution in [1.29, 1.82) is 0 Å². The van der Waals surface area contributed by atoms with Crippen LogP contribution in [0.5, 0.6) is 0 Å². The summed E-state index contributed by atoms with van der Waals surface area (Å²) in [7, 11) is 0. The van der Waals surface area contributed by atoms with Crippen LogP contribution in [0.1, 0.15) is 0 Å². The van der Waals surface area contributed by atoms with Crippen LogP contribution in [0.4, 0.5) is 0 Å². The van der Waals surface area contributed by atoms with E-state index in [4.69, 9.17) is 9.97 Å². The largest absolute Gasteiger partial charge is 0.228 e. The van der Waals surface area contributed by atoms with Gasteiger partial charge < -0.3 is 0 Å². The summed E-state index contributed by atoms with van der Waals surface area (Å²) in [6.07, 6.45) is 0. The van der Waals surface area contributed by atoms with E-state index >= 15 is 0 Å². The van der Waals surface area contributed by atoms with Gasteiger partial charge in [-0.1, -0.05) is 152 Å². The fourth-order valence-electron chi connectivity index (χ4n) is 7.27. The third-order valence-corrected chi connectivity index (χ3v) is 11.1. The zero-order valence-corrected chi connectivity index (χ0v) is 28.4. The zero-order chi connectivity index (χ0) is 33.7. The molecule has 0 unspecified atom stereocenters. The van der Waals surface area contributed by atoms with Crippen LogP contribution < -0.4 is 0 Å². The highest BCUT2D eigenvalue weighted by Crippen LogP contribution is 2.44. The Kier molecular flexibility index (Phi) is 7.04. The lowest BCUT2D eigenvalue weighted by Gasteiger charge is -2.14. The average molecular weight is 667 g/mol. The van der Waals surface area contributed by atoms with Gasteiger partial charge in [0.1, 0.15) is 0 Å². The molecule has 0 N–H and O–H groups in total. The summed E-state index contributed by atoms with van der Waals surface area (Å²) in [5, 5.41) is 7.44. The summed E-state index contributed by atoms with van der Waals surface area (Å²) < 4.78 is 2.59. The van der Waals surface area contributed by atoms with Gasteiger partial charge in [-0.15, -0.1) is 11.3 Å². The van der Waals surface area contributed by atoms with E-state index in [2.05, 4.69) is 164 Å². The standard InChI is InChI=1S/C48H30N2S/c1-3-11-31(12-4-1)38-25-26-39-41(29-43-40-17-9-10-18-46(40)51-47(43)42(39)28-38)45-30-44(49-48(50-45)35-14-5-2-6-15-35)34-22-19-33(20-23-34)37-24-21-32-13-7-8-16-36(32)27-37/h1-30H. The predicted molar refractivity (Wildman–Crippen MR) is 217 cm³/mol. The van der Waals surface area contributed by atoms with Crippen molar-refractivity contribution in [3.05, 3.63) is 182 Å². The molecule has 0 aliphatic heterocycles. The fraction of sp³-hybridized carbons (Fsp3) is 0. The monoisotopic (exact) mass is 666 g/mol. The molecule has 0 radical (unpaired) electrons. The Labute approximate surface area is 300 Å². The average Bonchev–Trinajstić information content (AvgIpc) is 3.60. The molecule has 0 aliphatic rings. The predicted octanol–water partition coefficient (Wildman–Crippen LogP) is 13.5. The fourth-order valence-corrected chi connectivity index (χ4v) is 8.48. The highest BCUT2D eigenvalue weighted by molar-refractivity contribution is 7.26. The lowest BCUT2D eigenvalue weighted by molar-refractivity contribution is 1.19. The topological polar surface area (TPSA) is 25.8 Å². The molecule has 3 heteroatoms. The van der Waals surface area contributed by atoms with Crippen LogP contribution in [0.3, 0.4) is 0 Å². The molecular formula is C48H30N2S. The lowest BCUT2D eigenvalue weighted by atomic mass is 9.94. The molecule has 0 aliphatic carbocycles. The Bertz CT molecular complexity index is 2890. The summed E-state index contributed by atoms with van der Waals surface area (Å²) in [5.74, 6) is 0.714. The van der Waals surface area contributed by atoms with E-state index in [9.17, 15) is 0 Å². The van der Waals surface area contributed by atoms with Gasteiger partial charge in [0.15, 0.2) is 5.82 Å². The number of benzene rings is 8. The summed E-state index contributed by atoms with van der Waals surface area (Å²) in [4.78, 5) is 10.5. The number of hydrogen-bond acceptors (Lipinski definition) is 3. The molecule has 10 aromatic rings. The second-order valence-electron chi connectivity index (χ2n) is 13.0. The molecule has 2 heterocycles. The molecule has 10 rings (SSSR count). The number of hydrogen-bond donors (Lipinski definition) is 0. The van der Waals surface area contributed by atoms with Gasteiger partial charge in [-0.2, -0.15) is 0 Å². The Morgan fingerprint density at radius 3 is 1.75 bits per heavy atom. The third-order valence-electron chi connectivity index (χ3n) is 9.88. The Morgan fingerprint density at radius 2 is 0.922 bits per heavy atom. The zero-order valence-electron chi connectivity index (χ0n) is 27.6. The normalized spacial score (nSPS) is 11.5. The number of nitrogens with zero attached hydrogens (tertiary/aromatic N) is 2. The molecule has 2 aromatic heterocycles. The van der Waals surface area contributed by atoms with Crippen molar-refractivity contribution in [2.45, 2.75) is 0 Å². The van der Waals surface area contributed by atoms with Crippen molar-refractivity contribution < 1.29 is 0 Å². The Morgan fingerprint density at radius 1 is 0.333 bits per heavy atom. The van der Waals surface area contributed by atoms with Gasteiger partial charge in [0.2, 0.25) is 0 Å². The van der Waals surface area contributed by atoms with Crippen LogP contribution in [0.25, 0.3) is 97.9 Å². The van der Waals surface area contributed by atoms with Crippen LogP contribution in [-0.2, 0) is 0 Å². The molecule has 0 spiro atoms. The minimum atomic E-state index is 0.714. The molecule has 0 saturated heterocycles. The number of fused-ring (bicyclic) bond motifs is 6. The maximum absolute atomic E-state index is 5.29. The van der Waals surface area contributed by atoms with Gasteiger partial charge in [-0.05, 0) is 68.7 Å². The molecule has 0 bridgehead atoms. The molecule has 0 saturated carbocycles. The second-order valence-corrected chi connectivity index (χ2v) is 14.0. The lowest BCUT2D eigenvalue weighted by Crippen LogP contribution is -1.96. The van der Waals surface area contributed by atoms with Crippen molar-refractivity contribution in [3.63, 3.8) is 0 Å². The maximum atomic E-state index is 5.29. The van der Waals surface area contributed by atoms with Gasteiger partial charge in [0.05, 0.1) is 11.4 Å². The molecule has 2 nitrogen and oxygen atoms in total. The minimum Gasteiger partial charge on any atom is -0.228 e. The highest BCUT2D eigenvalue weighted by atomic mass is 32.1. The first-order valence-electron chi connectivity index (χ1n) is 17.2. The van der Waals surface area contributed by atoms with E-state index in [0.29, 0.717) is 5.82 Å². The SMILES string of the molecule is c1ccc(-c2ccc3c(-c4cc(-c5ccc(-c6ccc7ccccc7c6)cc5)nc(-c5ccccc5)n4)cc4c5ccccc5sc4c3c2)cc1. The molecule has 238 valence electrons. The summed E-state index contributed by atoms with van der Waals surface area (Å²) in [6, 6.07) is 65.0. The molecular weight excluding hydrogens is 637 g/mol. The number of thiophene rings is 1. The number of rotatable bonds is 5. The summed E-state index contributed by atoms with van der Waals surface area (Å²) >= 11 is 1.87. The maximum Gasteiger partial charge on any atom is 0.160 e. The quantitative estimate of drug-likeness (QED) is 0.183. The summed E-state index contributed by atoms with van der Waals surface area (Å²) in [6.45, 7) is 0. The van der Waals surface area contributed by atoms with Crippen LogP contribution in [0, 0.1) is 0 Å². The van der Waals surface area contributed by atoms with E-state index in [1.54, 1.807) is 0 Å². The van der Waals surface area contributed by atoms with Crippen LogP contribution in [0.15, 0.2) is 182 Å². The van der Waals surface area contributed by atoms with Gasteiger partial charge in [0.25, 0.3) is 0 Å². The van der Waals surface area contributed by atoms with Gasteiger partial charge in [-0.3, -0.25) is 0 Å². The smallest absolute Gasteiger partial charge is 0.160 e. The Balaban J connectivity index is 1.17. The molecule has 0 fully saturated rings. The second kappa shape index (κ2) is 12.2. The van der Waals surface area contributed by atoms with E-state index < -0.39 is 0 Å². The first-order valence-corrected chi connectivity index (χ1v) is 18.0. The van der Waals surface area contributed by atoms with Gasteiger partial charge in [0, 0.05) is 42.2 Å². The minimum absolute atomic E-state index is 0.714. The van der Waals surface area contributed by atoms with Gasteiger partial charge >= 0.3 is 0 Å². The van der Waals surface area contributed by atoms with E-state index in [1.165, 1.54) is 64.0 Å². The van der Waals surface area contributed by atoms with Crippen molar-refractivity contribution in [2.75, 3.05) is 0 Å². The summed E-state index contributed by atoms with van der Waals surface area (Å²) in [5.41, 5.74) is 9.75. The van der Waals surface area contributed by atoms with Crippen molar-refractivity contribution in [2.24, 2.45) is 0 Å². The first-order chi connectivity index (χ1) is 25.2. The van der Waals surface area contributed by atoms with Crippen LogP contribution in [-0.4, -0.2) is 9.97 Å². The van der Waals surface area contributed by atoms with E-state index in [1.807, 2.05) is 29.5 Å². The third kappa shape index (κ3) is 5.27. The Hall–Kier alpha value is -6.42. The van der Waals surface area contributed by atoms with Gasteiger partial charge in [-0.25, -0.2) is 9.97 Å². The highest BCUT2D eigenvalue weighted by Gasteiger charge is 2.18. The van der Waals surface area contributed by atoms with Crippen LogP contribution in [0.2, 0.25) is 0 Å². The van der Waals surface area contributed by atoms with E-state index in [0.717, 1.165) is 28.1 Å². The van der Waals surface area contributed by atoms with Crippen molar-refractivity contribution in [1.82, 2.24) is 9.97 Å². The molecule has 51 heavy (non-hydrogen) atoms. The number of aromatic nitrogens is 2.